The smallest absolute Gasteiger partial charge is 0.317 e. The molecule has 1 atom stereocenters. The SMILES string of the molecule is CC1CCCN(C(=O)NC2CCC(S(C)(=O)=O)CC2)C1. The molecule has 1 N–H and O–H groups in total. The minimum atomic E-state index is -2.93. The molecule has 5 nitrogen and oxygen atoms in total. The summed E-state index contributed by atoms with van der Waals surface area (Å²) >= 11 is 0. The summed E-state index contributed by atoms with van der Waals surface area (Å²) in [4.78, 5) is 14.1. The van der Waals surface area contributed by atoms with Crippen molar-refractivity contribution in [2.24, 2.45) is 5.92 Å². The Labute approximate surface area is 122 Å². The van der Waals surface area contributed by atoms with Crippen LogP contribution in [0.15, 0.2) is 0 Å². The molecule has 1 saturated carbocycles. The molecule has 0 aromatic carbocycles. The lowest BCUT2D eigenvalue weighted by molar-refractivity contribution is 0.163. The Balaban J connectivity index is 1.79. The van der Waals surface area contributed by atoms with E-state index in [0.29, 0.717) is 18.8 Å². The molecule has 2 aliphatic rings. The molecule has 2 fully saturated rings. The molecule has 116 valence electrons. The predicted molar refractivity (Wildman–Crippen MR) is 79.4 cm³/mol. The topological polar surface area (TPSA) is 66.5 Å². The zero-order valence-electron chi connectivity index (χ0n) is 12.5. The van der Waals surface area contributed by atoms with Gasteiger partial charge in [0.15, 0.2) is 0 Å². The molecule has 0 aromatic heterocycles. The quantitative estimate of drug-likeness (QED) is 0.845. The van der Waals surface area contributed by atoms with Crippen LogP contribution in [0.25, 0.3) is 0 Å². The van der Waals surface area contributed by atoms with E-state index >= 15 is 0 Å². The number of hydrogen-bond acceptors (Lipinski definition) is 3. The average molecular weight is 302 g/mol. The monoisotopic (exact) mass is 302 g/mol. The van der Waals surface area contributed by atoms with Crippen LogP contribution in [0.3, 0.4) is 0 Å². The molecule has 1 aliphatic carbocycles. The van der Waals surface area contributed by atoms with E-state index in [1.165, 1.54) is 12.7 Å². The highest BCUT2D eigenvalue weighted by molar-refractivity contribution is 7.91. The number of urea groups is 1. The summed E-state index contributed by atoms with van der Waals surface area (Å²) in [5.41, 5.74) is 0. The molecule has 1 heterocycles. The molecule has 2 rings (SSSR count). The van der Waals surface area contributed by atoms with Crippen LogP contribution in [-0.2, 0) is 9.84 Å². The Kier molecular flexibility index (Phi) is 4.94. The number of carbonyl (C=O) groups is 1. The molecule has 0 aromatic rings. The number of piperidine rings is 1. The third-order valence-corrected chi connectivity index (χ3v) is 6.23. The standard InChI is InChI=1S/C14H26N2O3S/c1-11-4-3-9-16(10-11)14(17)15-12-5-7-13(8-6-12)20(2,18)19/h11-13H,3-10H2,1-2H3,(H,15,17). The van der Waals surface area contributed by atoms with Gasteiger partial charge in [0.2, 0.25) is 0 Å². The van der Waals surface area contributed by atoms with Gasteiger partial charge in [-0.15, -0.1) is 0 Å². The average Bonchev–Trinajstić information content (AvgIpc) is 2.38. The van der Waals surface area contributed by atoms with E-state index in [-0.39, 0.29) is 17.3 Å². The van der Waals surface area contributed by atoms with Crippen LogP contribution in [0.1, 0.15) is 45.4 Å². The second kappa shape index (κ2) is 6.33. The van der Waals surface area contributed by atoms with Crippen LogP contribution in [-0.4, -0.2) is 50.0 Å². The zero-order valence-corrected chi connectivity index (χ0v) is 13.3. The molecule has 1 unspecified atom stereocenters. The molecule has 1 aliphatic heterocycles. The first kappa shape index (κ1) is 15.6. The maximum Gasteiger partial charge on any atom is 0.317 e. The van der Waals surface area contributed by atoms with Crippen molar-refractivity contribution >= 4 is 15.9 Å². The van der Waals surface area contributed by atoms with Gasteiger partial charge < -0.3 is 10.2 Å². The molecule has 0 spiro atoms. The molecular formula is C14H26N2O3S. The lowest BCUT2D eigenvalue weighted by Gasteiger charge is -2.34. The predicted octanol–water partition coefficient (Wildman–Crippen LogP) is 1.78. The maximum atomic E-state index is 12.2. The van der Waals surface area contributed by atoms with Gasteiger partial charge in [-0.1, -0.05) is 6.92 Å². The zero-order chi connectivity index (χ0) is 14.8. The molecule has 0 bridgehead atoms. The molecule has 20 heavy (non-hydrogen) atoms. The lowest BCUT2D eigenvalue weighted by atomic mass is 9.95. The third kappa shape index (κ3) is 4.11. The number of hydrogen-bond donors (Lipinski definition) is 1. The van der Waals surface area contributed by atoms with Crippen molar-refractivity contribution in [1.29, 1.82) is 0 Å². The van der Waals surface area contributed by atoms with Crippen LogP contribution in [0.4, 0.5) is 4.79 Å². The van der Waals surface area contributed by atoms with Crippen molar-refractivity contribution < 1.29 is 13.2 Å². The third-order valence-electron chi connectivity index (χ3n) is 4.55. The summed E-state index contributed by atoms with van der Waals surface area (Å²) in [7, 11) is -2.93. The number of nitrogens with one attached hydrogen (secondary N) is 1. The van der Waals surface area contributed by atoms with E-state index in [2.05, 4.69) is 12.2 Å². The Morgan fingerprint density at radius 1 is 1.15 bits per heavy atom. The first-order chi connectivity index (χ1) is 9.36. The van der Waals surface area contributed by atoms with Crippen LogP contribution in [0, 0.1) is 5.92 Å². The van der Waals surface area contributed by atoms with Gasteiger partial charge in [-0.3, -0.25) is 0 Å². The Morgan fingerprint density at radius 2 is 1.80 bits per heavy atom. The van der Waals surface area contributed by atoms with Gasteiger partial charge >= 0.3 is 6.03 Å². The van der Waals surface area contributed by atoms with Crippen molar-refractivity contribution in [2.45, 2.75) is 56.7 Å². The highest BCUT2D eigenvalue weighted by atomic mass is 32.2. The van der Waals surface area contributed by atoms with Crippen molar-refractivity contribution in [3.63, 3.8) is 0 Å². The van der Waals surface area contributed by atoms with E-state index in [9.17, 15) is 13.2 Å². The van der Waals surface area contributed by atoms with Crippen molar-refractivity contribution in [3.8, 4) is 0 Å². The number of amides is 2. The van der Waals surface area contributed by atoms with Crippen molar-refractivity contribution in [3.05, 3.63) is 0 Å². The number of sulfone groups is 1. The van der Waals surface area contributed by atoms with Gasteiger partial charge in [0, 0.05) is 25.4 Å². The minimum Gasteiger partial charge on any atom is -0.335 e. The summed E-state index contributed by atoms with van der Waals surface area (Å²) in [6, 6.07) is 0.164. The fourth-order valence-electron chi connectivity index (χ4n) is 3.28. The molecule has 1 saturated heterocycles. The van der Waals surface area contributed by atoms with Gasteiger partial charge in [-0.25, -0.2) is 13.2 Å². The Morgan fingerprint density at radius 3 is 2.35 bits per heavy atom. The summed E-state index contributed by atoms with van der Waals surface area (Å²) < 4.78 is 23.0. The fourth-order valence-corrected chi connectivity index (χ4v) is 4.40. The van der Waals surface area contributed by atoms with Gasteiger partial charge in [-0.2, -0.15) is 0 Å². The van der Waals surface area contributed by atoms with Crippen LogP contribution in [0.2, 0.25) is 0 Å². The van der Waals surface area contributed by atoms with E-state index in [1.807, 2.05) is 4.90 Å². The molecule has 2 amide bonds. The fraction of sp³-hybridized carbons (Fsp3) is 0.929. The second-order valence-corrected chi connectivity index (χ2v) is 8.77. The maximum absolute atomic E-state index is 12.2. The van der Waals surface area contributed by atoms with Crippen LogP contribution >= 0.6 is 0 Å². The van der Waals surface area contributed by atoms with Crippen LogP contribution in [0.5, 0.6) is 0 Å². The van der Waals surface area contributed by atoms with Crippen molar-refractivity contribution in [2.75, 3.05) is 19.3 Å². The first-order valence-electron chi connectivity index (χ1n) is 7.60. The number of nitrogens with zero attached hydrogens (tertiary/aromatic N) is 1. The van der Waals surface area contributed by atoms with E-state index in [0.717, 1.165) is 32.4 Å². The lowest BCUT2D eigenvalue weighted by Crippen LogP contribution is -2.49. The van der Waals surface area contributed by atoms with Crippen molar-refractivity contribution in [1.82, 2.24) is 10.2 Å². The van der Waals surface area contributed by atoms with Gasteiger partial charge in [-0.05, 0) is 44.4 Å². The first-order valence-corrected chi connectivity index (χ1v) is 9.56. The summed E-state index contributed by atoms with van der Waals surface area (Å²) in [6.07, 6.45) is 6.46. The van der Waals surface area contributed by atoms with Crippen LogP contribution < -0.4 is 5.32 Å². The van der Waals surface area contributed by atoms with E-state index in [4.69, 9.17) is 0 Å². The second-order valence-electron chi connectivity index (χ2n) is 6.45. The largest absolute Gasteiger partial charge is 0.335 e. The Bertz CT molecular complexity index is 441. The molecule has 0 radical (unpaired) electrons. The molecular weight excluding hydrogens is 276 g/mol. The highest BCUT2D eigenvalue weighted by Gasteiger charge is 2.30. The molecule has 6 heteroatoms. The highest BCUT2D eigenvalue weighted by Crippen LogP contribution is 2.24. The summed E-state index contributed by atoms with van der Waals surface area (Å²) in [6.45, 7) is 3.86. The summed E-state index contributed by atoms with van der Waals surface area (Å²) in [5, 5.41) is 2.86. The normalized spacial score (nSPS) is 31.9. The number of rotatable bonds is 2. The summed E-state index contributed by atoms with van der Waals surface area (Å²) in [5.74, 6) is 0.579. The van der Waals surface area contributed by atoms with Gasteiger partial charge in [0.25, 0.3) is 0 Å². The van der Waals surface area contributed by atoms with E-state index in [1.54, 1.807) is 0 Å². The van der Waals surface area contributed by atoms with Gasteiger partial charge in [0.05, 0.1) is 5.25 Å². The Hall–Kier alpha value is -0.780. The van der Waals surface area contributed by atoms with E-state index < -0.39 is 9.84 Å². The minimum absolute atomic E-state index is 0.0272. The van der Waals surface area contributed by atoms with Gasteiger partial charge in [0.1, 0.15) is 9.84 Å². The number of likely N-dealkylation sites (tertiary alicyclic amines) is 1. The number of carbonyl (C=O) groups excluding carboxylic acids is 1.